The third-order valence-corrected chi connectivity index (χ3v) is 3.92. The number of amides is 1. The maximum absolute atomic E-state index is 12.1. The van der Waals surface area contributed by atoms with E-state index in [4.69, 9.17) is 39.5 Å². The number of halogens is 3. The molecule has 2 rings (SSSR count). The molecule has 1 N–H and O–H groups in total. The Morgan fingerprint density at radius 2 is 1.68 bits per heavy atom. The van der Waals surface area contributed by atoms with Gasteiger partial charge in [-0.15, -0.1) is 0 Å². The van der Waals surface area contributed by atoms with Crippen LogP contribution in [0.5, 0.6) is 5.75 Å². The van der Waals surface area contributed by atoms with Crippen LogP contribution in [0.4, 0.5) is 5.69 Å². The summed E-state index contributed by atoms with van der Waals surface area (Å²) in [4.78, 5) is 12.1. The first-order chi connectivity index (χ1) is 10.5. The molecule has 0 aromatic heterocycles. The first-order valence-electron chi connectivity index (χ1n) is 6.65. The molecule has 2 aromatic carbocycles. The van der Waals surface area contributed by atoms with Gasteiger partial charge in [-0.3, -0.25) is 4.79 Å². The van der Waals surface area contributed by atoms with Gasteiger partial charge in [0, 0.05) is 0 Å². The molecule has 0 bridgehead atoms. The van der Waals surface area contributed by atoms with Gasteiger partial charge in [0.15, 0.2) is 0 Å². The monoisotopic (exact) mass is 357 g/mol. The minimum Gasteiger partial charge on any atom is -0.494 e. The molecule has 0 saturated carbocycles. The number of hydrogen-bond acceptors (Lipinski definition) is 2. The molecule has 3 nitrogen and oxygen atoms in total. The minimum absolute atomic E-state index is 0.190. The van der Waals surface area contributed by atoms with Crippen LogP contribution in [0, 0.1) is 0 Å². The first-order valence-corrected chi connectivity index (χ1v) is 7.79. The summed E-state index contributed by atoms with van der Waals surface area (Å²) in [5, 5.41) is 3.74. The summed E-state index contributed by atoms with van der Waals surface area (Å²) in [6.45, 7) is 2.53. The van der Waals surface area contributed by atoms with Crippen LogP contribution in [0.1, 0.15) is 12.5 Å². The number of nitrogens with one attached hydrogen (secondary N) is 1. The van der Waals surface area contributed by atoms with Crippen molar-refractivity contribution in [2.75, 3.05) is 11.9 Å². The van der Waals surface area contributed by atoms with Gasteiger partial charge in [-0.25, -0.2) is 0 Å². The number of benzene rings is 2. The second kappa shape index (κ2) is 7.73. The summed E-state index contributed by atoms with van der Waals surface area (Å²) in [7, 11) is 0. The standard InChI is InChI=1S/C16H14Cl3NO2/c1-2-22-11-5-3-10(4-6-11)7-16(21)20-15-9-13(18)12(17)8-14(15)19/h3-6,8-9H,2,7H2,1H3,(H,20,21). The fraction of sp³-hybridized carbons (Fsp3) is 0.188. The number of hydrogen-bond donors (Lipinski definition) is 1. The third kappa shape index (κ3) is 4.54. The Hall–Kier alpha value is -1.42. The molecule has 0 radical (unpaired) electrons. The van der Waals surface area contributed by atoms with Crippen LogP contribution in [-0.2, 0) is 11.2 Å². The summed E-state index contributed by atoms with van der Waals surface area (Å²) >= 11 is 17.8. The molecule has 0 fully saturated rings. The van der Waals surface area contributed by atoms with Crippen LogP contribution in [0.15, 0.2) is 36.4 Å². The van der Waals surface area contributed by atoms with Crippen molar-refractivity contribution in [1.82, 2.24) is 0 Å². The maximum Gasteiger partial charge on any atom is 0.228 e. The summed E-state index contributed by atoms with van der Waals surface area (Å²) in [6, 6.07) is 10.4. The van der Waals surface area contributed by atoms with Crippen molar-refractivity contribution in [3.05, 3.63) is 57.0 Å². The molecule has 0 spiro atoms. The molecule has 0 heterocycles. The Morgan fingerprint density at radius 1 is 1.05 bits per heavy atom. The van der Waals surface area contributed by atoms with E-state index < -0.39 is 0 Å². The fourth-order valence-electron chi connectivity index (χ4n) is 1.87. The molecule has 0 aliphatic rings. The van der Waals surface area contributed by atoms with E-state index in [-0.39, 0.29) is 12.3 Å². The Labute approximate surface area is 144 Å². The number of anilines is 1. The second-order valence-corrected chi connectivity index (χ2v) is 5.77. The predicted molar refractivity (Wildman–Crippen MR) is 91.4 cm³/mol. The number of carbonyl (C=O) groups is 1. The van der Waals surface area contributed by atoms with Crippen molar-refractivity contribution in [3.63, 3.8) is 0 Å². The van der Waals surface area contributed by atoms with Gasteiger partial charge < -0.3 is 10.1 Å². The molecule has 2 aromatic rings. The van der Waals surface area contributed by atoms with E-state index in [1.165, 1.54) is 12.1 Å². The normalized spacial score (nSPS) is 10.4. The van der Waals surface area contributed by atoms with Crippen LogP contribution < -0.4 is 10.1 Å². The highest BCUT2D eigenvalue weighted by Gasteiger charge is 2.10. The van der Waals surface area contributed by atoms with Crippen LogP contribution in [-0.4, -0.2) is 12.5 Å². The molecule has 116 valence electrons. The molecule has 0 aliphatic heterocycles. The van der Waals surface area contributed by atoms with Crippen molar-refractivity contribution >= 4 is 46.4 Å². The summed E-state index contributed by atoms with van der Waals surface area (Å²) in [5.74, 6) is 0.587. The first kappa shape index (κ1) is 16.9. The van der Waals surface area contributed by atoms with E-state index in [9.17, 15) is 4.79 Å². The zero-order chi connectivity index (χ0) is 16.1. The smallest absolute Gasteiger partial charge is 0.228 e. The zero-order valence-electron chi connectivity index (χ0n) is 11.8. The molecule has 0 aliphatic carbocycles. The van der Waals surface area contributed by atoms with Gasteiger partial charge >= 0.3 is 0 Å². The highest BCUT2D eigenvalue weighted by Crippen LogP contribution is 2.32. The highest BCUT2D eigenvalue weighted by molar-refractivity contribution is 6.44. The SMILES string of the molecule is CCOc1ccc(CC(=O)Nc2cc(Cl)c(Cl)cc2Cl)cc1. The van der Waals surface area contributed by atoms with E-state index in [2.05, 4.69) is 5.32 Å². The quantitative estimate of drug-likeness (QED) is 0.743. The van der Waals surface area contributed by atoms with Gasteiger partial charge in [-0.1, -0.05) is 46.9 Å². The molecular formula is C16H14Cl3NO2. The van der Waals surface area contributed by atoms with Crippen LogP contribution in [0.3, 0.4) is 0 Å². The second-order valence-electron chi connectivity index (χ2n) is 4.55. The van der Waals surface area contributed by atoms with E-state index in [1.54, 1.807) is 0 Å². The zero-order valence-corrected chi connectivity index (χ0v) is 14.1. The summed E-state index contributed by atoms with van der Waals surface area (Å²) in [6.07, 6.45) is 0.225. The molecule has 1 amide bonds. The van der Waals surface area contributed by atoms with Crippen LogP contribution in [0.2, 0.25) is 15.1 Å². The van der Waals surface area contributed by atoms with Crippen LogP contribution >= 0.6 is 34.8 Å². The average Bonchev–Trinajstić information content (AvgIpc) is 2.47. The van der Waals surface area contributed by atoms with Crippen LogP contribution in [0.25, 0.3) is 0 Å². The Kier molecular flexibility index (Phi) is 5.95. The number of rotatable bonds is 5. The molecule has 0 atom stereocenters. The fourth-order valence-corrected chi connectivity index (χ4v) is 2.46. The molecule has 22 heavy (non-hydrogen) atoms. The van der Waals surface area contributed by atoms with Crippen molar-refractivity contribution in [2.45, 2.75) is 13.3 Å². The third-order valence-electron chi connectivity index (χ3n) is 2.88. The van der Waals surface area contributed by atoms with Gasteiger partial charge in [-0.2, -0.15) is 0 Å². The lowest BCUT2D eigenvalue weighted by Crippen LogP contribution is -2.14. The maximum atomic E-state index is 12.1. The Morgan fingerprint density at radius 3 is 2.32 bits per heavy atom. The summed E-state index contributed by atoms with van der Waals surface area (Å²) < 4.78 is 5.36. The largest absolute Gasteiger partial charge is 0.494 e. The highest BCUT2D eigenvalue weighted by atomic mass is 35.5. The Balaban J connectivity index is 2.02. The molecular weight excluding hydrogens is 345 g/mol. The predicted octanol–water partition coefficient (Wildman–Crippen LogP) is 5.23. The topological polar surface area (TPSA) is 38.3 Å². The lowest BCUT2D eigenvalue weighted by atomic mass is 10.1. The molecule has 6 heteroatoms. The van der Waals surface area contributed by atoms with Gasteiger partial charge in [0.1, 0.15) is 5.75 Å². The van der Waals surface area contributed by atoms with Gasteiger partial charge in [-0.05, 0) is 36.8 Å². The number of ether oxygens (including phenoxy) is 1. The van der Waals surface area contributed by atoms with E-state index in [0.29, 0.717) is 27.4 Å². The van der Waals surface area contributed by atoms with Crippen molar-refractivity contribution in [1.29, 1.82) is 0 Å². The van der Waals surface area contributed by atoms with Gasteiger partial charge in [0.05, 0.1) is 33.8 Å². The number of carbonyl (C=O) groups excluding carboxylic acids is 1. The van der Waals surface area contributed by atoms with E-state index in [1.807, 2.05) is 31.2 Å². The van der Waals surface area contributed by atoms with Gasteiger partial charge in [0.2, 0.25) is 5.91 Å². The summed E-state index contributed by atoms with van der Waals surface area (Å²) in [5.41, 5.74) is 1.31. The van der Waals surface area contributed by atoms with Gasteiger partial charge in [0.25, 0.3) is 0 Å². The van der Waals surface area contributed by atoms with Crippen molar-refractivity contribution in [3.8, 4) is 5.75 Å². The lowest BCUT2D eigenvalue weighted by Gasteiger charge is -2.09. The van der Waals surface area contributed by atoms with E-state index >= 15 is 0 Å². The Bertz CT molecular complexity index is 672. The average molecular weight is 359 g/mol. The minimum atomic E-state index is -0.190. The molecule has 0 unspecified atom stereocenters. The van der Waals surface area contributed by atoms with E-state index in [0.717, 1.165) is 11.3 Å². The van der Waals surface area contributed by atoms with Crippen molar-refractivity contribution in [2.24, 2.45) is 0 Å². The van der Waals surface area contributed by atoms with Crippen molar-refractivity contribution < 1.29 is 9.53 Å². The lowest BCUT2D eigenvalue weighted by molar-refractivity contribution is -0.115. The molecule has 0 saturated heterocycles.